The molecule has 0 spiro atoms. The normalized spacial score (nSPS) is 10.2. The van der Waals surface area contributed by atoms with E-state index >= 15 is 0 Å². The number of rotatable bonds is 3. The minimum Gasteiger partial charge on any atom is -0.241 e. The van der Waals surface area contributed by atoms with Crippen LogP contribution in [0.15, 0.2) is 18.9 Å². The second-order valence-electron chi connectivity index (χ2n) is 4.42. The van der Waals surface area contributed by atoms with Crippen LogP contribution in [0.25, 0.3) is 12.2 Å². The van der Waals surface area contributed by atoms with Gasteiger partial charge in [0.15, 0.2) is 0 Å². The van der Waals surface area contributed by atoms with Gasteiger partial charge in [-0.1, -0.05) is 46.4 Å². The van der Waals surface area contributed by atoms with Crippen LogP contribution in [0.1, 0.15) is 51.7 Å². The molecule has 0 aliphatic heterocycles. The van der Waals surface area contributed by atoms with Crippen LogP contribution in [0.3, 0.4) is 0 Å². The molecule has 17 heavy (non-hydrogen) atoms. The van der Waals surface area contributed by atoms with E-state index in [0.29, 0.717) is 0 Å². The molecule has 0 unspecified atom stereocenters. The maximum atomic E-state index is 4.38. The van der Waals surface area contributed by atoms with Crippen molar-refractivity contribution in [3.63, 3.8) is 0 Å². The van der Waals surface area contributed by atoms with Gasteiger partial charge in [0.2, 0.25) is 0 Å². The molecule has 0 amide bonds. The largest absolute Gasteiger partial charge is 0.241 e. The summed E-state index contributed by atoms with van der Waals surface area (Å²) in [5.41, 5.74) is 1.93. The SMILES string of the molecule is C=Cc1cnc(CC)nc1/C=C\C.CC(C)C. The van der Waals surface area contributed by atoms with Gasteiger partial charge in [-0.2, -0.15) is 0 Å². The van der Waals surface area contributed by atoms with Crippen molar-refractivity contribution >= 4 is 12.2 Å². The summed E-state index contributed by atoms with van der Waals surface area (Å²) in [5, 5.41) is 0. The van der Waals surface area contributed by atoms with E-state index in [1.54, 1.807) is 6.08 Å². The first-order valence-electron chi connectivity index (χ1n) is 6.16. The van der Waals surface area contributed by atoms with Gasteiger partial charge >= 0.3 is 0 Å². The Kier molecular flexibility index (Phi) is 7.95. The number of allylic oxidation sites excluding steroid dienone is 1. The highest BCUT2D eigenvalue weighted by molar-refractivity contribution is 5.60. The Balaban J connectivity index is 0.000000557. The summed E-state index contributed by atoms with van der Waals surface area (Å²) in [4.78, 5) is 8.58. The molecular weight excluding hydrogens is 208 g/mol. The Hall–Kier alpha value is -1.44. The first kappa shape index (κ1) is 15.6. The van der Waals surface area contributed by atoms with Crippen molar-refractivity contribution in [3.8, 4) is 0 Å². The third-order valence-corrected chi connectivity index (χ3v) is 1.76. The first-order valence-corrected chi connectivity index (χ1v) is 6.16. The van der Waals surface area contributed by atoms with Gasteiger partial charge in [0, 0.05) is 18.2 Å². The Labute approximate surface area is 106 Å². The molecule has 0 bridgehead atoms. The Morgan fingerprint density at radius 2 is 1.94 bits per heavy atom. The topological polar surface area (TPSA) is 25.8 Å². The highest BCUT2D eigenvalue weighted by atomic mass is 14.9. The van der Waals surface area contributed by atoms with Crippen molar-refractivity contribution < 1.29 is 0 Å². The third-order valence-electron chi connectivity index (χ3n) is 1.76. The molecule has 0 saturated heterocycles. The summed E-state index contributed by atoms with van der Waals surface area (Å²) in [7, 11) is 0. The van der Waals surface area contributed by atoms with E-state index in [9.17, 15) is 0 Å². The van der Waals surface area contributed by atoms with E-state index in [1.807, 2.05) is 32.2 Å². The zero-order valence-electron chi connectivity index (χ0n) is 11.7. The lowest BCUT2D eigenvalue weighted by atomic mass is 10.2. The minimum absolute atomic E-state index is 0.833. The summed E-state index contributed by atoms with van der Waals surface area (Å²) >= 11 is 0. The fourth-order valence-electron chi connectivity index (χ4n) is 1.06. The van der Waals surface area contributed by atoms with Crippen LogP contribution < -0.4 is 0 Å². The van der Waals surface area contributed by atoms with Gasteiger partial charge in [0.25, 0.3) is 0 Å². The molecular formula is C15H24N2. The number of nitrogens with zero attached hydrogens (tertiary/aromatic N) is 2. The van der Waals surface area contributed by atoms with Gasteiger partial charge in [-0.3, -0.25) is 0 Å². The average molecular weight is 232 g/mol. The molecule has 94 valence electrons. The number of hydrogen-bond donors (Lipinski definition) is 0. The van der Waals surface area contributed by atoms with Crippen molar-refractivity contribution in [3.05, 3.63) is 35.9 Å². The molecule has 0 atom stereocenters. The summed E-state index contributed by atoms with van der Waals surface area (Å²) in [6.45, 7) is 14.2. The predicted octanol–water partition coefficient (Wildman–Crippen LogP) is 4.38. The minimum atomic E-state index is 0.833. The van der Waals surface area contributed by atoms with Crippen molar-refractivity contribution in [2.75, 3.05) is 0 Å². The van der Waals surface area contributed by atoms with E-state index in [2.05, 4.69) is 37.3 Å². The lowest BCUT2D eigenvalue weighted by Gasteiger charge is -2.01. The smallest absolute Gasteiger partial charge is 0.128 e. The van der Waals surface area contributed by atoms with Gasteiger partial charge in [-0.05, 0) is 18.9 Å². The van der Waals surface area contributed by atoms with E-state index in [0.717, 1.165) is 29.4 Å². The molecule has 1 heterocycles. The average Bonchev–Trinajstić information content (AvgIpc) is 2.28. The maximum absolute atomic E-state index is 4.38. The van der Waals surface area contributed by atoms with Crippen molar-refractivity contribution in [1.29, 1.82) is 0 Å². The quantitative estimate of drug-likeness (QED) is 0.773. The van der Waals surface area contributed by atoms with Crippen molar-refractivity contribution in [2.24, 2.45) is 5.92 Å². The lowest BCUT2D eigenvalue weighted by Crippen LogP contribution is -1.96. The van der Waals surface area contributed by atoms with Crippen LogP contribution in [0.4, 0.5) is 0 Å². The molecule has 0 aromatic carbocycles. The molecule has 1 aromatic rings. The second kappa shape index (κ2) is 8.68. The molecule has 1 rings (SSSR count). The molecule has 2 heteroatoms. The van der Waals surface area contributed by atoms with Crippen LogP contribution in [-0.2, 0) is 6.42 Å². The summed E-state index contributed by atoms with van der Waals surface area (Å²) in [5.74, 6) is 1.71. The Morgan fingerprint density at radius 3 is 2.35 bits per heavy atom. The zero-order chi connectivity index (χ0) is 13.3. The molecule has 0 radical (unpaired) electrons. The predicted molar refractivity (Wildman–Crippen MR) is 76.7 cm³/mol. The van der Waals surface area contributed by atoms with Gasteiger partial charge < -0.3 is 0 Å². The van der Waals surface area contributed by atoms with Crippen LogP contribution in [0.5, 0.6) is 0 Å². The summed E-state index contributed by atoms with van der Waals surface area (Å²) < 4.78 is 0. The third kappa shape index (κ3) is 6.67. The lowest BCUT2D eigenvalue weighted by molar-refractivity contribution is 0.737. The highest BCUT2D eigenvalue weighted by Gasteiger charge is 1.99. The molecule has 0 N–H and O–H groups in total. The molecule has 0 saturated carbocycles. The van der Waals surface area contributed by atoms with Crippen molar-refractivity contribution in [1.82, 2.24) is 9.97 Å². The molecule has 0 aliphatic rings. The van der Waals surface area contributed by atoms with E-state index in [-0.39, 0.29) is 0 Å². The van der Waals surface area contributed by atoms with E-state index in [1.165, 1.54) is 0 Å². The summed E-state index contributed by atoms with van der Waals surface area (Å²) in [6, 6.07) is 0. The first-order chi connectivity index (χ1) is 8.04. The van der Waals surface area contributed by atoms with E-state index in [4.69, 9.17) is 0 Å². The molecule has 1 aromatic heterocycles. The molecule has 0 fully saturated rings. The highest BCUT2D eigenvalue weighted by Crippen LogP contribution is 2.09. The molecule has 2 nitrogen and oxygen atoms in total. The zero-order valence-corrected chi connectivity index (χ0v) is 11.7. The summed E-state index contributed by atoms with van der Waals surface area (Å²) in [6.07, 6.45) is 8.39. The van der Waals surface area contributed by atoms with Gasteiger partial charge in [0.05, 0.1) is 5.69 Å². The van der Waals surface area contributed by atoms with Crippen LogP contribution in [-0.4, -0.2) is 9.97 Å². The van der Waals surface area contributed by atoms with Crippen LogP contribution >= 0.6 is 0 Å². The second-order valence-corrected chi connectivity index (χ2v) is 4.42. The standard InChI is InChI=1S/C11H14N2.C4H10/c1-4-7-10-9(5-2)8-12-11(6-3)13-10;1-4(2)3/h4-5,7-8H,2,6H2,1,3H3;4H,1-3H3/b7-4-;. The van der Waals surface area contributed by atoms with Crippen molar-refractivity contribution in [2.45, 2.75) is 41.0 Å². The number of aryl methyl sites for hydroxylation is 1. The monoisotopic (exact) mass is 232 g/mol. The van der Waals surface area contributed by atoms with E-state index < -0.39 is 0 Å². The molecule has 0 aliphatic carbocycles. The number of hydrogen-bond acceptors (Lipinski definition) is 2. The fraction of sp³-hybridized carbons (Fsp3) is 0.467. The van der Waals surface area contributed by atoms with Gasteiger partial charge in [-0.25, -0.2) is 9.97 Å². The Morgan fingerprint density at radius 1 is 1.35 bits per heavy atom. The fourth-order valence-corrected chi connectivity index (χ4v) is 1.06. The Bertz CT molecular complexity index is 362. The number of aromatic nitrogens is 2. The van der Waals surface area contributed by atoms with Gasteiger partial charge in [-0.15, -0.1) is 0 Å². The van der Waals surface area contributed by atoms with Gasteiger partial charge in [0.1, 0.15) is 5.82 Å². The maximum Gasteiger partial charge on any atom is 0.128 e. The van der Waals surface area contributed by atoms with Crippen LogP contribution in [0.2, 0.25) is 0 Å². The van der Waals surface area contributed by atoms with Crippen LogP contribution in [0, 0.1) is 5.92 Å².